The fourth-order valence-corrected chi connectivity index (χ4v) is 2.30. The maximum atomic E-state index is 5.92. The fraction of sp³-hybridized carbons (Fsp3) is 0.500. The van der Waals surface area contributed by atoms with E-state index >= 15 is 0 Å². The second-order valence-electron chi connectivity index (χ2n) is 6.13. The lowest BCUT2D eigenvalue weighted by Crippen LogP contribution is -2.37. The van der Waals surface area contributed by atoms with Crippen LogP contribution in [0.25, 0.3) is 0 Å². The third-order valence-corrected chi connectivity index (χ3v) is 3.56. The molecule has 1 heterocycles. The van der Waals surface area contributed by atoms with Crippen LogP contribution in [0.5, 0.6) is 5.75 Å². The van der Waals surface area contributed by atoms with Crippen LogP contribution in [-0.2, 0) is 20.1 Å². The molecule has 0 saturated heterocycles. The Balaban J connectivity index is 0.00000338. The van der Waals surface area contributed by atoms with Gasteiger partial charge < -0.3 is 15.4 Å². The third-order valence-electron chi connectivity index (χ3n) is 3.56. The number of hydrogen-bond acceptors (Lipinski definition) is 4. The van der Waals surface area contributed by atoms with Crippen molar-refractivity contribution in [2.45, 2.75) is 46.9 Å². The SMILES string of the molecule is CCNC(=NCc1ccc(C)cc1OC(C)C)NCc1ncnn1C.I. The summed E-state index contributed by atoms with van der Waals surface area (Å²) in [6.45, 7) is 10.0. The predicted octanol–water partition coefficient (Wildman–Crippen LogP) is 2.78. The van der Waals surface area contributed by atoms with Crippen LogP contribution in [0.4, 0.5) is 0 Å². The quantitative estimate of drug-likeness (QED) is 0.368. The van der Waals surface area contributed by atoms with E-state index < -0.39 is 0 Å². The van der Waals surface area contributed by atoms with Crippen molar-refractivity contribution in [3.05, 3.63) is 41.5 Å². The molecule has 0 aliphatic heterocycles. The van der Waals surface area contributed by atoms with Gasteiger partial charge in [0.25, 0.3) is 0 Å². The number of hydrogen-bond donors (Lipinski definition) is 2. The van der Waals surface area contributed by atoms with Crippen molar-refractivity contribution in [1.29, 1.82) is 0 Å². The van der Waals surface area contributed by atoms with Gasteiger partial charge in [-0.05, 0) is 39.3 Å². The largest absolute Gasteiger partial charge is 0.491 e. The minimum absolute atomic E-state index is 0. The van der Waals surface area contributed by atoms with Crippen LogP contribution in [0, 0.1) is 6.92 Å². The van der Waals surface area contributed by atoms with Gasteiger partial charge in [0.2, 0.25) is 0 Å². The second-order valence-corrected chi connectivity index (χ2v) is 6.13. The van der Waals surface area contributed by atoms with Gasteiger partial charge in [-0.15, -0.1) is 24.0 Å². The second kappa shape index (κ2) is 11.0. The van der Waals surface area contributed by atoms with Crippen LogP contribution in [0.1, 0.15) is 37.7 Å². The van der Waals surface area contributed by atoms with Gasteiger partial charge in [0.1, 0.15) is 17.9 Å². The summed E-state index contributed by atoms with van der Waals surface area (Å²) < 4.78 is 7.66. The molecule has 0 unspecified atom stereocenters. The van der Waals surface area contributed by atoms with Crippen molar-refractivity contribution in [2.75, 3.05) is 6.54 Å². The average molecular weight is 472 g/mol. The molecule has 7 nitrogen and oxygen atoms in total. The van der Waals surface area contributed by atoms with Crippen LogP contribution in [0.3, 0.4) is 0 Å². The van der Waals surface area contributed by atoms with E-state index in [4.69, 9.17) is 4.74 Å². The lowest BCUT2D eigenvalue weighted by atomic mass is 10.1. The molecule has 0 spiro atoms. The molecule has 1 aromatic heterocycles. The summed E-state index contributed by atoms with van der Waals surface area (Å²) in [5.41, 5.74) is 2.24. The summed E-state index contributed by atoms with van der Waals surface area (Å²) in [6, 6.07) is 6.21. The molecular weight excluding hydrogens is 443 g/mol. The number of nitrogens with one attached hydrogen (secondary N) is 2. The standard InChI is InChI=1S/C18H28N6O.HI/c1-6-19-18(21-11-17-22-12-23-24(17)5)20-10-15-8-7-14(4)9-16(15)25-13(2)3;/h7-9,12-13H,6,10-11H2,1-5H3,(H2,19,20,21);1H. The molecule has 0 saturated carbocycles. The van der Waals surface area contributed by atoms with Gasteiger partial charge in [-0.3, -0.25) is 4.68 Å². The first-order valence-corrected chi connectivity index (χ1v) is 8.60. The molecule has 0 atom stereocenters. The van der Waals surface area contributed by atoms with Crippen molar-refractivity contribution < 1.29 is 4.74 Å². The highest BCUT2D eigenvalue weighted by molar-refractivity contribution is 14.0. The summed E-state index contributed by atoms with van der Waals surface area (Å²) in [6.07, 6.45) is 1.68. The van der Waals surface area contributed by atoms with E-state index in [2.05, 4.69) is 50.8 Å². The van der Waals surface area contributed by atoms with Crippen LogP contribution in [0.15, 0.2) is 29.5 Å². The Labute approximate surface area is 172 Å². The number of benzene rings is 1. The molecule has 1 aromatic carbocycles. The number of aromatic nitrogens is 3. The first kappa shape index (κ1) is 22.2. The molecule has 8 heteroatoms. The van der Waals surface area contributed by atoms with Gasteiger partial charge in [0, 0.05) is 19.2 Å². The number of aliphatic imine (C=N–C) groups is 1. The number of rotatable bonds is 7. The highest BCUT2D eigenvalue weighted by atomic mass is 127. The van der Waals surface area contributed by atoms with Gasteiger partial charge in [-0.1, -0.05) is 12.1 Å². The molecule has 0 bridgehead atoms. The summed E-state index contributed by atoms with van der Waals surface area (Å²) in [5.74, 6) is 2.48. The summed E-state index contributed by atoms with van der Waals surface area (Å²) in [4.78, 5) is 8.88. The zero-order valence-electron chi connectivity index (χ0n) is 16.1. The molecule has 0 radical (unpaired) electrons. The average Bonchev–Trinajstić information content (AvgIpc) is 2.96. The summed E-state index contributed by atoms with van der Waals surface area (Å²) in [5, 5.41) is 10.6. The van der Waals surface area contributed by atoms with Crippen molar-refractivity contribution in [3.8, 4) is 5.75 Å². The van der Waals surface area contributed by atoms with Crippen LogP contribution >= 0.6 is 24.0 Å². The monoisotopic (exact) mass is 472 g/mol. The molecule has 0 aliphatic rings. The molecule has 26 heavy (non-hydrogen) atoms. The van der Waals surface area contributed by atoms with E-state index in [9.17, 15) is 0 Å². The number of ether oxygens (including phenoxy) is 1. The van der Waals surface area contributed by atoms with Crippen LogP contribution < -0.4 is 15.4 Å². The third kappa shape index (κ3) is 6.81. The minimum atomic E-state index is 0. The number of guanidine groups is 1. The maximum absolute atomic E-state index is 5.92. The molecule has 144 valence electrons. The molecule has 0 fully saturated rings. The molecule has 0 amide bonds. The summed E-state index contributed by atoms with van der Waals surface area (Å²) >= 11 is 0. The number of halogens is 1. The lowest BCUT2D eigenvalue weighted by molar-refractivity contribution is 0.240. The Morgan fingerprint density at radius 3 is 2.69 bits per heavy atom. The zero-order chi connectivity index (χ0) is 18.2. The summed E-state index contributed by atoms with van der Waals surface area (Å²) in [7, 11) is 1.87. The van der Waals surface area contributed by atoms with Crippen molar-refractivity contribution in [2.24, 2.45) is 12.0 Å². The number of aryl methyl sites for hydroxylation is 2. The maximum Gasteiger partial charge on any atom is 0.191 e. The van der Waals surface area contributed by atoms with Crippen LogP contribution in [-0.4, -0.2) is 33.4 Å². The van der Waals surface area contributed by atoms with E-state index in [0.29, 0.717) is 13.1 Å². The van der Waals surface area contributed by atoms with E-state index in [0.717, 1.165) is 29.6 Å². The van der Waals surface area contributed by atoms with Crippen molar-refractivity contribution >= 4 is 29.9 Å². The van der Waals surface area contributed by atoms with Crippen molar-refractivity contribution in [3.63, 3.8) is 0 Å². The Kier molecular flexibility index (Phi) is 9.39. The van der Waals surface area contributed by atoms with E-state index in [-0.39, 0.29) is 30.1 Å². The minimum Gasteiger partial charge on any atom is -0.491 e. The smallest absolute Gasteiger partial charge is 0.191 e. The Morgan fingerprint density at radius 2 is 2.08 bits per heavy atom. The van der Waals surface area contributed by atoms with Gasteiger partial charge in [0.05, 0.1) is 19.2 Å². The Hall–Kier alpha value is -1.84. The van der Waals surface area contributed by atoms with Gasteiger partial charge in [0.15, 0.2) is 5.96 Å². The molecule has 2 rings (SSSR count). The van der Waals surface area contributed by atoms with E-state index in [1.54, 1.807) is 11.0 Å². The molecule has 2 aromatic rings. The fourth-order valence-electron chi connectivity index (χ4n) is 2.30. The van der Waals surface area contributed by atoms with Crippen molar-refractivity contribution in [1.82, 2.24) is 25.4 Å². The zero-order valence-corrected chi connectivity index (χ0v) is 18.4. The topological polar surface area (TPSA) is 76.4 Å². The first-order valence-electron chi connectivity index (χ1n) is 8.60. The lowest BCUT2D eigenvalue weighted by Gasteiger charge is -2.15. The molecular formula is C18H29IN6O. The Morgan fingerprint density at radius 1 is 1.31 bits per heavy atom. The molecule has 2 N–H and O–H groups in total. The van der Waals surface area contributed by atoms with E-state index in [1.807, 2.05) is 27.8 Å². The Bertz CT molecular complexity index is 713. The highest BCUT2D eigenvalue weighted by Gasteiger charge is 2.07. The van der Waals surface area contributed by atoms with E-state index in [1.165, 1.54) is 5.56 Å². The van der Waals surface area contributed by atoms with Gasteiger partial charge in [-0.2, -0.15) is 5.10 Å². The van der Waals surface area contributed by atoms with Gasteiger partial charge >= 0.3 is 0 Å². The number of nitrogens with zero attached hydrogens (tertiary/aromatic N) is 4. The predicted molar refractivity (Wildman–Crippen MR) is 115 cm³/mol. The normalized spacial score (nSPS) is 11.2. The van der Waals surface area contributed by atoms with Crippen LogP contribution in [0.2, 0.25) is 0 Å². The van der Waals surface area contributed by atoms with Gasteiger partial charge in [-0.25, -0.2) is 9.98 Å². The highest BCUT2D eigenvalue weighted by Crippen LogP contribution is 2.22. The first-order chi connectivity index (χ1) is 12.0. The molecule has 0 aliphatic carbocycles.